The van der Waals surface area contributed by atoms with E-state index in [2.05, 4.69) is 19.1 Å². The molecule has 0 saturated carbocycles. The van der Waals surface area contributed by atoms with Crippen LogP contribution in [0.2, 0.25) is 0 Å². The highest BCUT2D eigenvalue weighted by molar-refractivity contribution is 8.00. The van der Waals surface area contributed by atoms with E-state index in [1.807, 2.05) is 35.7 Å². The summed E-state index contributed by atoms with van der Waals surface area (Å²) in [4.78, 5) is 1.30. The third kappa shape index (κ3) is 5.50. The molecule has 0 radical (unpaired) electrons. The lowest BCUT2D eigenvalue weighted by molar-refractivity contribution is 0.282. The van der Waals surface area contributed by atoms with Crippen LogP contribution in [0.5, 0.6) is 0 Å². The van der Waals surface area contributed by atoms with Crippen molar-refractivity contribution in [1.29, 1.82) is 0 Å². The molecular formula is C12H18OS2. The van der Waals surface area contributed by atoms with Gasteiger partial charge in [0, 0.05) is 4.90 Å². The van der Waals surface area contributed by atoms with E-state index in [1.54, 1.807) is 0 Å². The molecule has 1 N–H and O–H groups in total. The van der Waals surface area contributed by atoms with Crippen LogP contribution in [0.3, 0.4) is 0 Å². The third-order valence-corrected chi connectivity index (χ3v) is 4.10. The molecule has 0 amide bonds. The van der Waals surface area contributed by atoms with Crippen LogP contribution >= 0.6 is 23.5 Å². The molecule has 0 spiro atoms. The minimum Gasteiger partial charge on any atom is -0.392 e. The monoisotopic (exact) mass is 242 g/mol. The highest BCUT2D eigenvalue weighted by Gasteiger charge is 1.95. The maximum Gasteiger partial charge on any atom is 0.0681 e. The summed E-state index contributed by atoms with van der Waals surface area (Å²) in [5.74, 6) is 3.67. The Morgan fingerprint density at radius 3 is 2.47 bits per heavy atom. The van der Waals surface area contributed by atoms with E-state index in [-0.39, 0.29) is 6.61 Å². The second-order valence-corrected chi connectivity index (χ2v) is 5.76. The zero-order valence-electron chi connectivity index (χ0n) is 9.11. The lowest BCUT2D eigenvalue weighted by Gasteiger charge is -2.02. The number of thioether (sulfide) groups is 2. The molecule has 0 aliphatic carbocycles. The van der Waals surface area contributed by atoms with E-state index in [4.69, 9.17) is 5.11 Å². The second-order valence-electron chi connectivity index (χ2n) is 3.20. The summed E-state index contributed by atoms with van der Waals surface area (Å²) in [5, 5.41) is 8.89. The van der Waals surface area contributed by atoms with Crippen molar-refractivity contribution in [1.82, 2.24) is 0 Å². The predicted octanol–water partition coefficient (Wildman–Crippen LogP) is 3.41. The first-order valence-electron chi connectivity index (χ1n) is 5.27. The Bertz CT molecular complexity index is 259. The fraction of sp³-hybridized carbons (Fsp3) is 0.500. The number of aliphatic hydroxyl groups excluding tert-OH is 1. The summed E-state index contributed by atoms with van der Waals surface area (Å²) in [6, 6.07) is 8.15. The summed E-state index contributed by atoms with van der Waals surface area (Å²) in [7, 11) is 0. The first kappa shape index (κ1) is 12.9. The molecule has 0 bridgehead atoms. The van der Waals surface area contributed by atoms with Gasteiger partial charge in [0.1, 0.15) is 0 Å². The smallest absolute Gasteiger partial charge is 0.0681 e. The van der Waals surface area contributed by atoms with E-state index < -0.39 is 0 Å². The lowest BCUT2D eigenvalue weighted by atomic mass is 10.2. The fourth-order valence-electron chi connectivity index (χ4n) is 1.19. The van der Waals surface area contributed by atoms with Gasteiger partial charge in [0.2, 0.25) is 0 Å². The summed E-state index contributed by atoms with van der Waals surface area (Å²) in [6.07, 6.45) is 1.27. The van der Waals surface area contributed by atoms with Gasteiger partial charge in [-0.25, -0.2) is 0 Å². The average Bonchev–Trinajstić information content (AvgIpc) is 2.30. The molecule has 1 nitrogen and oxygen atoms in total. The summed E-state index contributed by atoms with van der Waals surface area (Å²) in [5.41, 5.74) is 0.987. The second kappa shape index (κ2) is 8.08. The zero-order valence-corrected chi connectivity index (χ0v) is 10.7. The van der Waals surface area contributed by atoms with Gasteiger partial charge in [-0.3, -0.25) is 0 Å². The quantitative estimate of drug-likeness (QED) is 0.584. The van der Waals surface area contributed by atoms with Crippen LogP contribution < -0.4 is 0 Å². The molecule has 1 rings (SSSR count). The molecule has 0 unspecified atom stereocenters. The third-order valence-electron chi connectivity index (χ3n) is 2.01. The van der Waals surface area contributed by atoms with Crippen molar-refractivity contribution in [2.24, 2.45) is 0 Å². The molecule has 0 fully saturated rings. The van der Waals surface area contributed by atoms with Crippen LogP contribution in [0.4, 0.5) is 0 Å². The molecule has 1 aromatic carbocycles. The van der Waals surface area contributed by atoms with Gasteiger partial charge in [0.15, 0.2) is 0 Å². The van der Waals surface area contributed by atoms with E-state index in [1.165, 1.54) is 28.6 Å². The molecule has 0 aromatic heterocycles. The molecule has 0 atom stereocenters. The van der Waals surface area contributed by atoms with Gasteiger partial charge in [0.25, 0.3) is 0 Å². The van der Waals surface area contributed by atoms with Crippen molar-refractivity contribution in [2.45, 2.75) is 24.8 Å². The number of hydrogen-bond acceptors (Lipinski definition) is 3. The first-order valence-corrected chi connectivity index (χ1v) is 7.41. The van der Waals surface area contributed by atoms with Gasteiger partial charge in [-0.1, -0.05) is 19.1 Å². The standard InChI is InChI=1S/C12H18OS2/c1-2-14-8-3-9-15-12-6-4-11(10-13)5-7-12/h4-7,13H,2-3,8-10H2,1H3. The van der Waals surface area contributed by atoms with Crippen molar-refractivity contribution >= 4 is 23.5 Å². The van der Waals surface area contributed by atoms with Crippen LogP contribution in [-0.2, 0) is 6.61 Å². The van der Waals surface area contributed by atoms with E-state index in [0.717, 1.165) is 5.56 Å². The first-order chi connectivity index (χ1) is 7.36. The Kier molecular flexibility index (Phi) is 6.98. The van der Waals surface area contributed by atoms with Gasteiger partial charge < -0.3 is 5.11 Å². The van der Waals surface area contributed by atoms with Gasteiger partial charge in [0.05, 0.1) is 6.61 Å². The molecule has 3 heteroatoms. The Hall–Kier alpha value is -0.120. The average molecular weight is 242 g/mol. The van der Waals surface area contributed by atoms with Crippen LogP contribution in [0.25, 0.3) is 0 Å². The zero-order chi connectivity index (χ0) is 10.9. The Balaban J connectivity index is 2.20. The Morgan fingerprint density at radius 2 is 1.87 bits per heavy atom. The van der Waals surface area contributed by atoms with Crippen LogP contribution in [-0.4, -0.2) is 22.4 Å². The SMILES string of the molecule is CCSCCCSc1ccc(CO)cc1. The van der Waals surface area contributed by atoms with Crippen molar-refractivity contribution < 1.29 is 5.11 Å². The van der Waals surface area contributed by atoms with Crippen molar-refractivity contribution in [3.05, 3.63) is 29.8 Å². The fourth-order valence-corrected chi connectivity index (χ4v) is 2.86. The molecule has 0 aliphatic heterocycles. The van der Waals surface area contributed by atoms with Crippen molar-refractivity contribution in [2.75, 3.05) is 17.3 Å². The molecule has 1 aromatic rings. The number of rotatable bonds is 7. The van der Waals surface area contributed by atoms with Crippen molar-refractivity contribution in [3.63, 3.8) is 0 Å². The summed E-state index contributed by atoms with van der Waals surface area (Å²) in [6.45, 7) is 2.34. The highest BCUT2D eigenvalue weighted by atomic mass is 32.2. The van der Waals surface area contributed by atoms with Crippen LogP contribution in [0.15, 0.2) is 29.2 Å². The Labute approximate surface area is 101 Å². The van der Waals surface area contributed by atoms with Crippen LogP contribution in [0.1, 0.15) is 18.9 Å². The largest absolute Gasteiger partial charge is 0.392 e. The van der Waals surface area contributed by atoms with Crippen LogP contribution in [0, 0.1) is 0 Å². The topological polar surface area (TPSA) is 20.2 Å². The highest BCUT2D eigenvalue weighted by Crippen LogP contribution is 2.20. The minimum atomic E-state index is 0.137. The van der Waals surface area contributed by atoms with Gasteiger partial charge in [-0.05, 0) is 41.4 Å². The number of benzene rings is 1. The number of aliphatic hydroxyl groups is 1. The maximum absolute atomic E-state index is 8.89. The normalized spacial score (nSPS) is 10.5. The van der Waals surface area contributed by atoms with E-state index >= 15 is 0 Å². The van der Waals surface area contributed by atoms with E-state index in [0.29, 0.717) is 0 Å². The summed E-state index contributed by atoms with van der Waals surface area (Å²) < 4.78 is 0. The predicted molar refractivity (Wildman–Crippen MR) is 70.7 cm³/mol. The summed E-state index contributed by atoms with van der Waals surface area (Å²) >= 11 is 3.90. The van der Waals surface area contributed by atoms with Crippen molar-refractivity contribution in [3.8, 4) is 0 Å². The molecule has 15 heavy (non-hydrogen) atoms. The molecule has 0 aliphatic rings. The minimum absolute atomic E-state index is 0.137. The maximum atomic E-state index is 8.89. The number of hydrogen-bond donors (Lipinski definition) is 1. The van der Waals surface area contributed by atoms with Gasteiger partial charge in [-0.15, -0.1) is 11.8 Å². The van der Waals surface area contributed by atoms with E-state index in [9.17, 15) is 0 Å². The Morgan fingerprint density at radius 1 is 1.13 bits per heavy atom. The molecular weight excluding hydrogens is 224 g/mol. The van der Waals surface area contributed by atoms with Gasteiger partial charge in [-0.2, -0.15) is 11.8 Å². The van der Waals surface area contributed by atoms with Gasteiger partial charge >= 0.3 is 0 Å². The molecule has 0 saturated heterocycles. The molecule has 84 valence electrons. The lowest BCUT2D eigenvalue weighted by Crippen LogP contribution is -1.85. The molecule has 0 heterocycles.